The summed E-state index contributed by atoms with van der Waals surface area (Å²) in [6, 6.07) is 20.9. The summed E-state index contributed by atoms with van der Waals surface area (Å²) in [5.41, 5.74) is 0.695. The molecular weight excluding hydrogens is 395 g/mol. The van der Waals surface area contributed by atoms with Gasteiger partial charge in [0.1, 0.15) is 11.4 Å². The normalized spacial score (nSPS) is 23.8. The predicted octanol–water partition coefficient (Wildman–Crippen LogP) is 4.17. The number of aromatic nitrogens is 2. The number of nitrogens with zero attached hydrogens (tertiary/aromatic N) is 2. The average molecular weight is 412 g/mol. The molecule has 0 bridgehead atoms. The summed E-state index contributed by atoms with van der Waals surface area (Å²) in [7, 11) is 0. The van der Waals surface area contributed by atoms with Gasteiger partial charge in [0.2, 0.25) is 0 Å². The van der Waals surface area contributed by atoms with Crippen LogP contribution in [0.3, 0.4) is 0 Å². The van der Waals surface area contributed by atoms with Crippen molar-refractivity contribution in [2.24, 2.45) is 0 Å². The Labute approximate surface area is 177 Å². The van der Waals surface area contributed by atoms with Gasteiger partial charge in [0.25, 0.3) is 11.3 Å². The molecule has 4 aromatic rings. The molecule has 2 aliphatic rings. The third kappa shape index (κ3) is 2.26. The fourth-order valence-electron chi connectivity index (χ4n) is 4.56. The lowest BCUT2D eigenvalue weighted by Crippen LogP contribution is -2.34. The smallest absolute Gasteiger partial charge is 0.266 e. The minimum absolute atomic E-state index is 0.0223. The molecule has 6 rings (SSSR count). The Bertz CT molecular complexity index is 1450. The molecule has 0 saturated carbocycles. The fraction of sp³-hybridized carbons (Fsp3) is 0.120. The van der Waals surface area contributed by atoms with E-state index in [-0.39, 0.29) is 12.2 Å². The van der Waals surface area contributed by atoms with Crippen molar-refractivity contribution in [2.75, 3.05) is 6.61 Å². The number of para-hydroxylation sites is 2. The first-order valence-corrected chi connectivity index (χ1v) is 9.94. The van der Waals surface area contributed by atoms with Gasteiger partial charge in [-0.05, 0) is 24.3 Å². The lowest BCUT2D eigenvalue weighted by Gasteiger charge is -2.28. The minimum atomic E-state index is -1.46. The van der Waals surface area contributed by atoms with Crippen LogP contribution in [0.1, 0.15) is 17.0 Å². The van der Waals surface area contributed by atoms with Crippen LogP contribution >= 0.6 is 0 Å². The van der Waals surface area contributed by atoms with E-state index in [1.54, 1.807) is 42.5 Å². The Morgan fingerprint density at radius 1 is 1.00 bits per heavy atom. The lowest BCUT2D eigenvalue weighted by molar-refractivity contribution is -0.160. The highest BCUT2D eigenvalue weighted by atomic mass is 19.1. The predicted molar refractivity (Wildman–Crippen MR) is 113 cm³/mol. The zero-order valence-corrected chi connectivity index (χ0v) is 16.4. The number of ether oxygens (including phenoxy) is 2. The highest BCUT2D eigenvalue weighted by Crippen LogP contribution is 2.53. The van der Waals surface area contributed by atoms with Gasteiger partial charge in [0.15, 0.2) is 5.82 Å². The van der Waals surface area contributed by atoms with Gasteiger partial charge in [-0.25, -0.2) is 9.37 Å². The highest BCUT2D eigenvalue weighted by molar-refractivity contribution is 5.78. The van der Waals surface area contributed by atoms with Crippen molar-refractivity contribution in [3.63, 3.8) is 0 Å². The quantitative estimate of drug-likeness (QED) is 0.464. The summed E-state index contributed by atoms with van der Waals surface area (Å²) in [6.45, 7) is 3.93. The molecule has 0 aliphatic carbocycles. The van der Waals surface area contributed by atoms with E-state index in [4.69, 9.17) is 14.5 Å². The van der Waals surface area contributed by atoms with Crippen molar-refractivity contribution in [2.45, 2.75) is 11.4 Å². The van der Waals surface area contributed by atoms with Crippen LogP contribution in [-0.4, -0.2) is 16.2 Å². The number of hydrogen-bond acceptors (Lipinski definition) is 4. The van der Waals surface area contributed by atoms with E-state index >= 15 is 0 Å². The standard InChI is InChI=1S/C25H17FN2O3/c1-2-24(17-10-4-6-12-19(17)26)15-30-25(31-24)18-11-5-8-14-21(18)28-22(29)16-9-3-7-13-20(16)27-23(25)28/h2-14H,1,15H2. The molecule has 0 amide bonds. The van der Waals surface area contributed by atoms with E-state index in [1.165, 1.54) is 10.6 Å². The van der Waals surface area contributed by atoms with E-state index < -0.39 is 17.2 Å². The first kappa shape index (κ1) is 18.2. The van der Waals surface area contributed by atoms with Crippen molar-refractivity contribution < 1.29 is 13.9 Å². The van der Waals surface area contributed by atoms with Crippen LogP contribution in [0.15, 0.2) is 90.2 Å². The van der Waals surface area contributed by atoms with Gasteiger partial charge in [-0.3, -0.25) is 9.36 Å². The number of rotatable bonds is 2. The number of halogens is 1. The molecular formula is C25H17FN2O3. The van der Waals surface area contributed by atoms with Gasteiger partial charge in [0.05, 0.1) is 23.2 Å². The van der Waals surface area contributed by atoms with Crippen LogP contribution in [0.2, 0.25) is 0 Å². The van der Waals surface area contributed by atoms with Crippen molar-refractivity contribution >= 4 is 10.9 Å². The second-order valence-electron chi connectivity index (χ2n) is 7.69. The maximum Gasteiger partial charge on any atom is 0.266 e. The van der Waals surface area contributed by atoms with Gasteiger partial charge >= 0.3 is 0 Å². The van der Waals surface area contributed by atoms with Crippen LogP contribution in [0.4, 0.5) is 4.39 Å². The molecule has 0 radical (unpaired) electrons. The van der Waals surface area contributed by atoms with Crippen LogP contribution in [0, 0.1) is 5.82 Å². The molecule has 0 N–H and O–H groups in total. The third-order valence-corrected chi connectivity index (χ3v) is 6.04. The second kappa shape index (κ2) is 6.20. The zero-order valence-electron chi connectivity index (χ0n) is 16.4. The summed E-state index contributed by atoms with van der Waals surface area (Å²) >= 11 is 0. The van der Waals surface area contributed by atoms with Crippen molar-refractivity contribution in [1.82, 2.24) is 9.55 Å². The van der Waals surface area contributed by atoms with Crippen LogP contribution in [0.5, 0.6) is 0 Å². The lowest BCUT2D eigenvalue weighted by atomic mass is 9.94. The molecule has 6 heteroatoms. The second-order valence-corrected chi connectivity index (χ2v) is 7.69. The molecule has 1 fully saturated rings. The number of benzene rings is 3. The molecule has 1 aromatic heterocycles. The molecule has 31 heavy (non-hydrogen) atoms. The maximum absolute atomic E-state index is 14.8. The SMILES string of the molecule is C=CC1(c2ccccc2F)COC2(O1)c1ccccc1-n1c2nc2ccccc2c1=O. The van der Waals surface area contributed by atoms with Gasteiger partial charge in [-0.15, -0.1) is 0 Å². The Kier molecular flexibility index (Phi) is 3.64. The van der Waals surface area contributed by atoms with E-state index in [9.17, 15) is 9.18 Å². The molecule has 152 valence electrons. The van der Waals surface area contributed by atoms with E-state index in [1.807, 2.05) is 30.3 Å². The summed E-state index contributed by atoms with van der Waals surface area (Å²) in [5, 5.41) is 0.500. The molecule has 2 aliphatic heterocycles. The number of fused-ring (bicyclic) bond motifs is 6. The van der Waals surface area contributed by atoms with Gasteiger partial charge < -0.3 is 9.47 Å². The Hall–Kier alpha value is -3.61. The minimum Gasteiger partial charge on any atom is -0.336 e. The Morgan fingerprint density at radius 2 is 1.71 bits per heavy atom. The first-order valence-electron chi connectivity index (χ1n) is 9.94. The van der Waals surface area contributed by atoms with Crippen LogP contribution < -0.4 is 5.56 Å². The number of hydrogen-bond donors (Lipinski definition) is 0. The summed E-state index contributed by atoms with van der Waals surface area (Å²) in [6.07, 6.45) is 1.55. The fourth-order valence-corrected chi connectivity index (χ4v) is 4.56. The third-order valence-electron chi connectivity index (χ3n) is 6.04. The zero-order chi connectivity index (χ0) is 21.2. The average Bonchev–Trinajstić information content (AvgIpc) is 3.33. The molecule has 3 aromatic carbocycles. The van der Waals surface area contributed by atoms with Crippen LogP contribution in [-0.2, 0) is 20.9 Å². The molecule has 5 nitrogen and oxygen atoms in total. The van der Waals surface area contributed by atoms with Gasteiger partial charge in [-0.1, -0.05) is 61.2 Å². The first-order chi connectivity index (χ1) is 15.1. The van der Waals surface area contributed by atoms with E-state index in [0.29, 0.717) is 33.5 Å². The highest BCUT2D eigenvalue weighted by Gasteiger charge is 2.59. The summed E-state index contributed by atoms with van der Waals surface area (Å²) in [5.74, 6) is -1.56. The van der Waals surface area contributed by atoms with Crippen molar-refractivity contribution in [1.29, 1.82) is 0 Å². The van der Waals surface area contributed by atoms with Crippen molar-refractivity contribution in [3.05, 3.63) is 119 Å². The summed E-state index contributed by atoms with van der Waals surface area (Å²) < 4.78 is 29.1. The Morgan fingerprint density at radius 3 is 2.52 bits per heavy atom. The van der Waals surface area contributed by atoms with E-state index in [2.05, 4.69) is 6.58 Å². The monoisotopic (exact) mass is 412 g/mol. The molecule has 1 saturated heterocycles. The molecule has 3 heterocycles. The van der Waals surface area contributed by atoms with E-state index in [0.717, 1.165) is 0 Å². The molecule has 2 atom stereocenters. The van der Waals surface area contributed by atoms with Crippen molar-refractivity contribution in [3.8, 4) is 5.69 Å². The molecule has 2 unspecified atom stereocenters. The topological polar surface area (TPSA) is 53.4 Å². The summed E-state index contributed by atoms with van der Waals surface area (Å²) in [4.78, 5) is 18.2. The molecule has 1 spiro atoms. The Balaban J connectivity index is 1.65. The largest absolute Gasteiger partial charge is 0.336 e. The van der Waals surface area contributed by atoms with Gasteiger partial charge in [-0.2, -0.15) is 0 Å². The van der Waals surface area contributed by atoms with Gasteiger partial charge in [0, 0.05) is 11.1 Å². The maximum atomic E-state index is 14.8. The van der Waals surface area contributed by atoms with Crippen LogP contribution in [0.25, 0.3) is 16.6 Å².